The fourth-order valence-electron chi connectivity index (χ4n) is 2.24. The maximum absolute atomic E-state index is 6.19. The normalized spacial score (nSPS) is 11.7. The first-order valence-corrected chi connectivity index (χ1v) is 7.58. The predicted molar refractivity (Wildman–Crippen MR) is 83.6 cm³/mol. The molecular formula is C15H19Cl2NO2. The van der Waals surface area contributed by atoms with E-state index in [2.05, 4.69) is 4.57 Å². The zero-order valence-corrected chi connectivity index (χ0v) is 13.2. The number of nitrogens with zero attached hydrogens (tertiary/aromatic N) is 1. The molecule has 0 radical (unpaired) electrons. The zero-order valence-electron chi connectivity index (χ0n) is 11.7. The highest BCUT2D eigenvalue weighted by Gasteiger charge is 2.10. The Morgan fingerprint density at radius 2 is 1.85 bits per heavy atom. The van der Waals surface area contributed by atoms with E-state index in [1.54, 1.807) is 6.07 Å². The Bertz CT molecular complexity index is 562. The Hall–Kier alpha value is -0.740. The van der Waals surface area contributed by atoms with Crippen LogP contribution in [0.4, 0.5) is 0 Å². The average molecular weight is 316 g/mol. The minimum absolute atomic E-state index is 0.169. The van der Waals surface area contributed by atoms with Crippen molar-refractivity contribution in [3.05, 3.63) is 34.4 Å². The van der Waals surface area contributed by atoms with Gasteiger partial charge >= 0.3 is 0 Å². The molecule has 1 aromatic carbocycles. The van der Waals surface area contributed by atoms with E-state index < -0.39 is 0 Å². The summed E-state index contributed by atoms with van der Waals surface area (Å²) in [6.45, 7) is 6.03. The summed E-state index contributed by atoms with van der Waals surface area (Å²) < 4.78 is 13.2. The van der Waals surface area contributed by atoms with E-state index in [9.17, 15) is 0 Å². The second-order valence-corrected chi connectivity index (χ2v) is 5.30. The molecule has 0 aliphatic heterocycles. The monoisotopic (exact) mass is 315 g/mol. The van der Waals surface area contributed by atoms with Crippen LogP contribution in [0.5, 0.6) is 0 Å². The van der Waals surface area contributed by atoms with Crippen molar-refractivity contribution in [1.82, 2.24) is 4.57 Å². The molecule has 0 saturated heterocycles. The molecule has 3 nitrogen and oxygen atoms in total. The van der Waals surface area contributed by atoms with Crippen LogP contribution in [0.1, 0.15) is 20.3 Å². The van der Waals surface area contributed by atoms with Crippen LogP contribution in [0.25, 0.3) is 10.9 Å². The van der Waals surface area contributed by atoms with Gasteiger partial charge in [-0.1, -0.05) is 23.2 Å². The standard InChI is InChI=1S/C15H19Cl2NO2/c1-3-19-15(20-4-2)6-8-18-7-5-12-13(17)9-11(16)10-14(12)18/h5,7,9-10,15H,3-4,6,8H2,1-2H3. The van der Waals surface area contributed by atoms with Crippen molar-refractivity contribution in [2.75, 3.05) is 13.2 Å². The molecule has 0 unspecified atom stereocenters. The lowest BCUT2D eigenvalue weighted by atomic mass is 10.2. The van der Waals surface area contributed by atoms with E-state index in [4.69, 9.17) is 32.7 Å². The molecule has 0 bridgehead atoms. The van der Waals surface area contributed by atoms with Gasteiger partial charge in [0, 0.05) is 42.8 Å². The summed E-state index contributed by atoms with van der Waals surface area (Å²) >= 11 is 12.3. The zero-order chi connectivity index (χ0) is 14.5. The van der Waals surface area contributed by atoms with Gasteiger partial charge in [0.1, 0.15) is 0 Å². The Morgan fingerprint density at radius 1 is 1.15 bits per heavy atom. The van der Waals surface area contributed by atoms with Gasteiger partial charge in [-0.25, -0.2) is 0 Å². The molecule has 0 spiro atoms. The summed E-state index contributed by atoms with van der Waals surface area (Å²) in [6, 6.07) is 5.70. The second kappa shape index (κ2) is 7.32. The van der Waals surface area contributed by atoms with Gasteiger partial charge in [-0.2, -0.15) is 0 Å². The van der Waals surface area contributed by atoms with Gasteiger partial charge in [-0.15, -0.1) is 0 Å². The van der Waals surface area contributed by atoms with Gasteiger partial charge in [-0.3, -0.25) is 0 Å². The molecule has 2 rings (SSSR count). The van der Waals surface area contributed by atoms with Gasteiger partial charge in [0.15, 0.2) is 6.29 Å². The first-order chi connectivity index (χ1) is 9.65. The van der Waals surface area contributed by atoms with E-state index in [0.29, 0.717) is 23.3 Å². The fraction of sp³-hybridized carbons (Fsp3) is 0.467. The van der Waals surface area contributed by atoms with Crippen molar-refractivity contribution >= 4 is 34.1 Å². The van der Waals surface area contributed by atoms with E-state index in [-0.39, 0.29) is 6.29 Å². The molecule has 1 aromatic heterocycles. The summed E-state index contributed by atoms with van der Waals surface area (Å²) in [5.74, 6) is 0. The summed E-state index contributed by atoms with van der Waals surface area (Å²) in [5.41, 5.74) is 1.04. The van der Waals surface area contributed by atoms with E-state index >= 15 is 0 Å². The number of halogens is 2. The van der Waals surface area contributed by atoms with Crippen LogP contribution in [-0.2, 0) is 16.0 Å². The lowest BCUT2D eigenvalue weighted by Crippen LogP contribution is -2.19. The molecule has 0 saturated carbocycles. The van der Waals surface area contributed by atoms with Crippen molar-refractivity contribution in [3.63, 3.8) is 0 Å². The van der Waals surface area contributed by atoms with Crippen molar-refractivity contribution in [2.45, 2.75) is 33.1 Å². The Labute approximate surface area is 129 Å². The van der Waals surface area contributed by atoms with E-state index in [1.807, 2.05) is 32.2 Å². The lowest BCUT2D eigenvalue weighted by Gasteiger charge is -2.17. The van der Waals surface area contributed by atoms with Gasteiger partial charge < -0.3 is 14.0 Å². The van der Waals surface area contributed by atoms with Crippen molar-refractivity contribution in [3.8, 4) is 0 Å². The summed E-state index contributed by atoms with van der Waals surface area (Å²) in [7, 11) is 0. The first-order valence-electron chi connectivity index (χ1n) is 6.82. The van der Waals surface area contributed by atoms with E-state index in [0.717, 1.165) is 23.9 Å². The fourth-order valence-corrected chi connectivity index (χ4v) is 2.79. The maximum atomic E-state index is 6.19. The number of aromatic nitrogens is 1. The van der Waals surface area contributed by atoms with Crippen molar-refractivity contribution in [1.29, 1.82) is 0 Å². The summed E-state index contributed by atoms with van der Waals surface area (Å²) in [4.78, 5) is 0. The van der Waals surface area contributed by atoms with Crippen LogP contribution in [0.3, 0.4) is 0 Å². The van der Waals surface area contributed by atoms with Gasteiger partial charge in [0.05, 0.1) is 10.5 Å². The smallest absolute Gasteiger partial charge is 0.159 e. The molecule has 0 aliphatic rings. The Morgan fingerprint density at radius 3 is 2.50 bits per heavy atom. The summed E-state index contributed by atoms with van der Waals surface area (Å²) in [5, 5.41) is 2.34. The van der Waals surface area contributed by atoms with E-state index in [1.165, 1.54) is 0 Å². The predicted octanol–water partition coefficient (Wildman–Crippen LogP) is 4.74. The summed E-state index contributed by atoms with van der Waals surface area (Å²) in [6.07, 6.45) is 2.63. The third-order valence-electron chi connectivity index (χ3n) is 3.11. The largest absolute Gasteiger partial charge is 0.353 e. The third-order valence-corrected chi connectivity index (χ3v) is 3.64. The molecule has 110 valence electrons. The van der Waals surface area contributed by atoms with Crippen molar-refractivity contribution < 1.29 is 9.47 Å². The highest BCUT2D eigenvalue weighted by molar-refractivity contribution is 6.38. The van der Waals surface area contributed by atoms with Crippen molar-refractivity contribution in [2.24, 2.45) is 0 Å². The first kappa shape index (κ1) is 15.6. The number of ether oxygens (including phenoxy) is 2. The molecule has 0 atom stereocenters. The highest BCUT2D eigenvalue weighted by atomic mass is 35.5. The molecule has 20 heavy (non-hydrogen) atoms. The second-order valence-electron chi connectivity index (χ2n) is 4.46. The number of hydrogen-bond donors (Lipinski definition) is 0. The van der Waals surface area contributed by atoms with Crippen LogP contribution >= 0.6 is 23.2 Å². The third kappa shape index (κ3) is 3.67. The number of aryl methyl sites for hydroxylation is 1. The minimum Gasteiger partial charge on any atom is -0.353 e. The molecule has 0 N–H and O–H groups in total. The SMILES string of the molecule is CCOC(CCn1ccc2c(Cl)cc(Cl)cc21)OCC. The molecular weight excluding hydrogens is 297 g/mol. The van der Waals surface area contributed by atoms with Gasteiger partial charge in [0.25, 0.3) is 0 Å². The minimum atomic E-state index is -0.169. The van der Waals surface area contributed by atoms with Crippen LogP contribution in [-0.4, -0.2) is 24.1 Å². The number of fused-ring (bicyclic) bond motifs is 1. The lowest BCUT2D eigenvalue weighted by molar-refractivity contribution is -0.140. The quantitative estimate of drug-likeness (QED) is 0.689. The maximum Gasteiger partial charge on any atom is 0.159 e. The highest BCUT2D eigenvalue weighted by Crippen LogP contribution is 2.29. The average Bonchev–Trinajstić information content (AvgIpc) is 2.80. The van der Waals surface area contributed by atoms with Gasteiger partial charge in [0.2, 0.25) is 0 Å². The molecule has 2 aromatic rings. The Kier molecular flexibility index (Phi) is 5.73. The Balaban J connectivity index is 2.13. The topological polar surface area (TPSA) is 23.4 Å². The van der Waals surface area contributed by atoms with Crippen LogP contribution < -0.4 is 0 Å². The number of rotatable bonds is 7. The van der Waals surface area contributed by atoms with Crippen LogP contribution in [0.2, 0.25) is 10.0 Å². The molecule has 0 amide bonds. The number of benzene rings is 1. The molecule has 0 aliphatic carbocycles. The van der Waals surface area contributed by atoms with Crippen LogP contribution in [0, 0.1) is 0 Å². The molecule has 0 fully saturated rings. The van der Waals surface area contributed by atoms with Crippen LogP contribution in [0.15, 0.2) is 24.4 Å². The molecule has 5 heteroatoms. The van der Waals surface area contributed by atoms with Gasteiger partial charge in [-0.05, 0) is 32.0 Å². The number of hydrogen-bond acceptors (Lipinski definition) is 2. The molecule has 1 heterocycles.